The number of nitrogens with one attached hydrogen (secondary N) is 1. The topological polar surface area (TPSA) is 50.2 Å². The highest BCUT2D eigenvalue weighted by Crippen LogP contribution is 2.27. The second-order valence-electron chi connectivity index (χ2n) is 6.98. The summed E-state index contributed by atoms with van der Waals surface area (Å²) in [6, 6.07) is 8.01. The Bertz CT molecular complexity index is 666. The second kappa shape index (κ2) is 6.77. The Morgan fingerprint density at radius 2 is 1.83 bits per heavy atom. The van der Waals surface area contributed by atoms with Crippen molar-refractivity contribution in [3.63, 3.8) is 0 Å². The third-order valence-electron chi connectivity index (χ3n) is 5.43. The zero-order chi connectivity index (χ0) is 16.4. The van der Waals surface area contributed by atoms with Crippen molar-refractivity contribution in [2.75, 3.05) is 26.2 Å². The highest BCUT2D eigenvalue weighted by molar-refractivity contribution is 5.94. The van der Waals surface area contributed by atoms with Gasteiger partial charge in [-0.25, -0.2) is 4.98 Å². The number of imidazole rings is 1. The molecule has 3 heterocycles. The summed E-state index contributed by atoms with van der Waals surface area (Å²) in [5.41, 5.74) is 1.98. The van der Waals surface area contributed by atoms with Crippen molar-refractivity contribution >= 4 is 5.91 Å². The zero-order valence-corrected chi connectivity index (χ0v) is 13.9. The molecule has 2 saturated heterocycles. The Labute approximate surface area is 142 Å². The van der Waals surface area contributed by atoms with Crippen LogP contribution in [0, 0.1) is 11.8 Å². The van der Waals surface area contributed by atoms with Crippen LogP contribution in [0.1, 0.15) is 28.8 Å². The van der Waals surface area contributed by atoms with Gasteiger partial charge in [0.25, 0.3) is 5.91 Å². The molecule has 2 aliphatic heterocycles. The number of fused-ring (bicyclic) bond motifs is 1. The van der Waals surface area contributed by atoms with Gasteiger partial charge in [-0.3, -0.25) is 4.79 Å². The van der Waals surface area contributed by atoms with Crippen LogP contribution in [0.15, 0.2) is 43.0 Å². The van der Waals surface area contributed by atoms with Gasteiger partial charge in [0, 0.05) is 37.6 Å². The molecule has 126 valence electrons. The molecule has 2 aromatic rings. The smallest absolute Gasteiger partial charge is 0.253 e. The van der Waals surface area contributed by atoms with E-state index < -0.39 is 0 Å². The number of nitrogens with zero attached hydrogens (tertiary/aromatic N) is 3. The molecule has 24 heavy (non-hydrogen) atoms. The largest absolute Gasteiger partial charge is 0.339 e. The number of likely N-dealkylation sites (tertiary alicyclic amines) is 1. The van der Waals surface area contributed by atoms with Gasteiger partial charge in [0.1, 0.15) is 0 Å². The number of hydrogen-bond acceptors (Lipinski definition) is 3. The summed E-state index contributed by atoms with van der Waals surface area (Å²) < 4.78 is 2.03. The third kappa shape index (κ3) is 3.22. The van der Waals surface area contributed by atoms with Crippen LogP contribution in [0.25, 0.3) is 0 Å². The molecule has 0 aliphatic carbocycles. The van der Waals surface area contributed by atoms with E-state index in [0.717, 1.165) is 63.0 Å². The molecule has 1 N–H and O–H groups in total. The van der Waals surface area contributed by atoms with Crippen molar-refractivity contribution < 1.29 is 4.79 Å². The Morgan fingerprint density at radius 1 is 1.12 bits per heavy atom. The van der Waals surface area contributed by atoms with Crippen LogP contribution >= 0.6 is 0 Å². The number of rotatable bonds is 3. The van der Waals surface area contributed by atoms with Crippen LogP contribution < -0.4 is 5.32 Å². The van der Waals surface area contributed by atoms with Gasteiger partial charge in [-0.05, 0) is 55.5 Å². The summed E-state index contributed by atoms with van der Waals surface area (Å²) in [5, 5.41) is 3.48. The molecule has 0 saturated carbocycles. The number of amides is 1. The fraction of sp³-hybridized carbons (Fsp3) is 0.474. The molecule has 0 radical (unpaired) electrons. The van der Waals surface area contributed by atoms with Gasteiger partial charge < -0.3 is 14.8 Å². The van der Waals surface area contributed by atoms with E-state index in [1.807, 2.05) is 46.3 Å². The standard InChI is InChI=1S/C19H24N4O/c24-19(23-8-5-17-11-21-12-18(17)6-9-23)16-3-1-15(2-4-16)13-22-10-7-20-14-22/h1-4,7,10,14,17-18,21H,5-6,8-9,11-13H2/t17-,18+. The van der Waals surface area contributed by atoms with Gasteiger partial charge >= 0.3 is 0 Å². The van der Waals surface area contributed by atoms with Gasteiger partial charge in [-0.1, -0.05) is 12.1 Å². The van der Waals surface area contributed by atoms with Crippen LogP contribution in [0.2, 0.25) is 0 Å². The van der Waals surface area contributed by atoms with E-state index in [4.69, 9.17) is 0 Å². The fourth-order valence-electron chi connectivity index (χ4n) is 3.95. The van der Waals surface area contributed by atoms with Gasteiger partial charge in [0.05, 0.1) is 6.33 Å². The minimum absolute atomic E-state index is 0.178. The molecule has 0 spiro atoms. The first-order chi connectivity index (χ1) is 11.8. The van der Waals surface area contributed by atoms with Crippen molar-refractivity contribution in [2.45, 2.75) is 19.4 Å². The summed E-state index contributed by atoms with van der Waals surface area (Å²) in [6.45, 7) is 4.80. The van der Waals surface area contributed by atoms with Crippen LogP contribution in [0.4, 0.5) is 0 Å². The van der Waals surface area contributed by atoms with Gasteiger partial charge in [0.15, 0.2) is 0 Å². The predicted molar refractivity (Wildman–Crippen MR) is 92.8 cm³/mol. The quantitative estimate of drug-likeness (QED) is 0.939. The lowest BCUT2D eigenvalue weighted by atomic mass is 9.92. The fourth-order valence-corrected chi connectivity index (χ4v) is 3.95. The highest BCUT2D eigenvalue weighted by Gasteiger charge is 2.31. The van der Waals surface area contributed by atoms with Gasteiger partial charge in [0.2, 0.25) is 0 Å². The van der Waals surface area contributed by atoms with E-state index in [9.17, 15) is 4.79 Å². The maximum Gasteiger partial charge on any atom is 0.253 e. The maximum absolute atomic E-state index is 12.8. The highest BCUT2D eigenvalue weighted by atomic mass is 16.2. The lowest BCUT2D eigenvalue weighted by Gasteiger charge is -2.21. The lowest BCUT2D eigenvalue weighted by molar-refractivity contribution is 0.0758. The SMILES string of the molecule is O=C(c1ccc(Cn2ccnc2)cc1)N1CC[C@@H]2CNC[C@@H]2CC1. The Hall–Kier alpha value is -2.14. The number of carbonyl (C=O) groups is 1. The molecule has 2 atom stereocenters. The summed E-state index contributed by atoms with van der Waals surface area (Å²) >= 11 is 0. The summed E-state index contributed by atoms with van der Waals surface area (Å²) in [6.07, 6.45) is 7.79. The molecule has 1 aromatic heterocycles. The summed E-state index contributed by atoms with van der Waals surface area (Å²) in [5.74, 6) is 1.68. The molecule has 1 aromatic carbocycles. The molecular formula is C19H24N4O. The number of hydrogen-bond donors (Lipinski definition) is 1. The minimum atomic E-state index is 0.178. The Kier molecular flexibility index (Phi) is 4.34. The molecule has 1 amide bonds. The molecule has 0 bridgehead atoms. The molecule has 5 nitrogen and oxygen atoms in total. The number of benzene rings is 1. The van der Waals surface area contributed by atoms with Crippen LogP contribution in [-0.4, -0.2) is 46.5 Å². The van der Waals surface area contributed by atoms with E-state index in [0.29, 0.717) is 0 Å². The van der Waals surface area contributed by atoms with E-state index in [1.54, 1.807) is 6.20 Å². The van der Waals surface area contributed by atoms with E-state index in [2.05, 4.69) is 10.3 Å². The van der Waals surface area contributed by atoms with Crippen molar-refractivity contribution in [3.8, 4) is 0 Å². The van der Waals surface area contributed by atoms with Crippen molar-refractivity contribution in [1.29, 1.82) is 0 Å². The van der Waals surface area contributed by atoms with Crippen LogP contribution in [-0.2, 0) is 6.54 Å². The maximum atomic E-state index is 12.8. The lowest BCUT2D eigenvalue weighted by Crippen LogP contribution is -2.32. The van der Waals surface area contributed by atoms with Gasteiger partial charge in [-0.2, -0.15) is 0 Å². The van der Waals surface area contributed by atoms with Crippen molar-refractivity contribution in [1.82, 2.24) is 19.8 Å². The Morgan fingerprint density at radius 3 is 2.46 bits per heavy atom. The summed E-state index contributed by atoms with van der Waals surface area (Å²) in [4.78, 5) is 18.9. The molecule has 0 unspecified atom stereocenters. The first-order valence-corrected chi connectivity index (χ1v) is 8.84. The van der Waals surface area contributed by atoms with E-state index >= 15 is 0 Å². The zero-order valence-electron chi connectivity index (χ0n) is 13.9. The van der Waals surface area contributed by atoms with Crippen LogP contribution in [0.3, 0.4) is 0 Å². The average Bonchev–Trinajstić information content (AvgIpc) is 3.24. The van der Waals surface area contributed by atoms with E-state index in [1.165, 1.54) is 5.56 Å². The summed E-state index contributed by atoms with van der Waals surface area (Å²) in [7, 11) is 0. The van der Waals surface area contributed by atoms with E-state index in [-0.39, 0.29) is 5.91 Å². The molecular weight excluding hydrogens is 300 g/mol. The predicted octanol–water partition coefficient (Wildman–Crippen LogP) is 2.00. The van der Waals surface area contributed by atoms with Crippen molar-refractivity contribution in [3.05, 3.63) is 54.1 Å². The average molecular weight is 324 g/mol. The second-order valence-corrected chi connectivity index (χ2v) is 6.98. The van der Waals surface area contributed by atoms with Crippen LogP contribution in [0.5, 0.6) is 0 Å². The minimum Gasteiger partial charge on any atom is -0.339 e. The Balaban J connectivity index is 1.40. The molecule has 4 rings (SSSR count). The normalized spacial score (nSPS) is 23.8. The number of aromatic nitrogens is 2. The van der Waals surface area contributed by atoms with Gasteiger partial charge in [-0.15, -0.1) is 0 Å². The molecule has 2 aliphatic rings. The van der Waals surface area contributed by atoms with Crippen molar-refractivity contribution in [2.24, 2.45) is 11.8 Å². The first-order valence-electron chi connectivity index (χ1n) is 8.84. The first kappa shape index (κ1) is 15.4. The monoisotopic (exact) mass is 324 g/mol. The third-order valence-corrected chi connectivity index (χ3v) is 5.43. The molecule has 2 fully saturated rings. The number of carbonyl (C=O) groups excluding carboxylic acids is 1. The molecule has 5 heteroatoms.